The molecule has 0 spiro atoms. The molecule has 7 rings (SSSR count). The molecule has 0 amide bonds. The highest BCUT2D eigenvalue weighted by Crippen LogP contribution is 2.37. The van der Waals surface area contributed by atoms with Gasteiger partial charge in [0.2, 0.25) is 0 Å². The second-order valence-electron chi connectivity index (χ2n) is 10.4. The zero-order chi connectivity index (χ0) is 29.8. The van der Waals surface area contributed by atoms with E-state index in [1.165, 1.54) is 0 Å². The Kier molecular flexibility index (Phi) is 10.0. The first-order valence-corrected chi connectivity index (χ1v) is 14.4. The van der Waals surface area contributed by atoms with Crippen molar-refractivity contribution in [3.05, 3.63) is 95.4 Å². The van der Waals surface area contributed by atoms with Gasteiger partial charge in [-0.2, -0.15) is 0 Å². The van der Waals surface area contributed by atoms with Gasteiger partial charge in [0.25, 0.3) is 0 Å². The standard InChI is InChI=1S/C20H22O6.C14H12O3.CH4/c21-12-14-13-4-1-2-5-16(13)26-20(14)18-8-7-17(25-18)15(22)6-9-19-23-10-3-11-24-19;1-9-6-7-13(16-9)14-11(8-15)10-4-2-3-5-12(10)17-14;/h1-2,4-5,7-8,15,19,21-22H,3,6,9-12H2;2-7,15H,8H2,1H3;1H4. The van der Waals surface area contributed by atoms with Crippen LogP contribution in [0.4, 0.5) is 0 Å². The van der Waals surface area contributed by atoms with Gasteiger partial charge in [-0.25, -0.2) is 0 Å². The Morgan fingerprint density at radius 3 is 1.80 bits per heavy atom. The van der Waals surface area contributed by atoms with Crippen LogP contribution in [0.5, 0.6) is 0 Å². The third-order valence-corrected chi connectivity index (χ3v) is 7.43. The highest BCUT2D eigenvalue weighted by molar-refractivity contribution is 5.87. The molecule has 232 valence electrons. The van der Waals surface area contributed by atoms with Crippen molar-refractivity contribution in [2.45, 2.75) is 59.2 Å². The van der Waals surface area contributed by atoms with Gasteiger partial charge in [-0.3, -0.25) is 0 Å². The van der Waals surface area contributed by atoms with Crippen LogP contribution >= 0.6 is 0 Å². The number of hydrogen-bond acceptors (Lipinski definition) is 9. The Morgan fingerprint density at radius 2 is 1.25 bits per heavy atom. The Bertz CT molecular complexity index is 1780. The van der Waals surface area contributed by atoms with E-state index in [9.17, 15) is 15.3 Å². The first-order chi connectivity index (χ1) is 21.1. The predicted octanol–water partition coefficient (Wildman–Crippen LogP) is 7.89. The molecule has 9 nitrogen and oxygen atoms in total. The average molecular weight is 603 g/mol. The maximum atomic E-state index is 10.4. The van der Waals surface area contributed by atoms with Crippen LogP contribution in [0, 0.1) is 6.92 Å². The highest BCUT2D eigenvalue weighted by atomic mass is 16.7. The number of aryl methyl sites for hydroxylation is 1. The molecule has 1 unspecified atom stereocenters. The number of benzene rings is 2. The fourth-order valence-corrected chi connectivity index (χ4v) is 5.26. The van der Waals surface area contributed by atoms with Gasteiger partial charge in [-0.05, 0) is 56.2 Å². The van der Waals surface area contributed by atoms with E-state index in [1.54, 1.807) is 12.1 Å². The quantitative estimate of drug-likeness (QED) is 0.159. The van der Waals surface area contributed by atoms with Gasteiger partial charge in [0, 0.05) is 28.3 Å². The largest absolute Gasteiger partial charge is 0.458 e. The summed E-state index contributed by atoms with van der Waals surface area (Å²) in [4.78, 5) is 0. The topological polar surface area (TPSA) is 132 Å². The molecule has 0 radical (unpaired) electrons. The highest BCUT2D eigenvalue weighted by Gasteiger charge is 2.22. The summed E-state index contributed by atoms with van der Waals surface area (Å²) in [5.41, 5.74) is 2.91. The van der Waals surface area contributed by atoms with Crippen LogP contribution < -0.4 is 0 Å². The molecule has 6 aromatic rings. The number of fused-ring (bicyclic) bond motifs is 2. The molecule has 0 saturated carbocycles. The van der Waals surface area contributed by atoms with Crippen molar-refractivity contribution in [2.75, 3.05) is 13.2 Å². The lowest BCUT2D eigenvalue weighted by Crippen LogP contribution is -2.25. The van der Waals surface area contributed by atoms with Gasteiger partial charge in [0.1, 0.15) is 28.8 Å². The minimum atomic E-state index is -0.750. The smallest absolute Gasteiger partial charge is 0.176 e. The number of aliphatic hydroxyl groups excluding tert-OH is 3. The Hall–Kier alpha value is -4.12. The number of rotatable bonds is 8. The third-order valence-electron chi connectivity index (χ3n) is 7.43. The minimum Gasteiger partial charge on any atom is -0.458 e. The monoisotopic (exact) mass is 602 g/mol. The second kappa shape index (κ2) is 14.1. The van der Waals surface area contributed by atoms with E-state index in [0.717, 1.165) is 34.1 Å². The molecule has 0 bridgehead atoms. The molecule has 3 N–H and O–H groups in total. The minimum absolute atomic E-state index is 0. The van der Waals surface area contributed by atoms with Crippen molar-refractivity contribution in [3.8, 4) is 23.0 Å². The summed E-state index contributed by atoms with van der Waals surface area (Å²) in [6.45, 7) is 3.06. The van der Waals surface area contributed by atoms with Crippen molar-refractivity contribution >= 4 is 21.9 Å². The van der Waals surface area contributed by atoms with Crippen LogP contribution in [-0.2, 0) is 22.7 Å². The lowest BCUT2D eigenvalue weighted by atomic mass is 10.1. The molecule has 1 saturated heterocycles. The molecule has 1 aliphatic rings. The molecule has 9 heteroatoms. The maximum Gasteiger partial charge on any atom is 0.176 e. The van der Waals surface area contributed by atoms with E-state index in [4.69, 9.17) is 27.1 Å². The van der Waals surface area contributed by atoms with Crippen molar-refractivity contribution in [1.29, 1.82) is 0 Å². The molecular formula is C35H38O9. The first kappa shape index (κ1) is 31.3. The van der Waals surface area contributed by atoms with Crippen molar-refractivity contribution in [2.24, 2.45) is 0 Å². The molecule has 1 fully saturated rings. The maximum absolute atomic E-state index is 10.4. The molecule has 5 heterocycles. The fraction of sp³-hybridized carbons (Fsp3) is 0.314. The van der Waals surface area contributed by atoms with Gasteiger partial charge in [0.15, 0.2) is 29.3 Å². The Balaban J connectivity index is 0.000000185. The van der Waals surface area contributed by atoms with Gasteiger partial charge in [0.05, 0.1) is 26.4 Å². The number of para-hydroxylation sites is 2. The van der Waals surface area contributed by atoms with E-state index >= 15 is 0 Å². The fourth-order valence-electron chi connectivity index (χ4n) is 5.26. The normalized spacial score (nSPS) is 14.4. The first-order valence-electron chi connectivity index (χ1n) is 14.4. The van der Waals surface area contributed by atoms with Crippen LogP contribution in [0.1, 0.15) is 55.4 Å². The van der Waals surface area contributed by atoms with E-state index in [2.05, 4.69) is 0 Å². The molecular weight excluding hydrogens is 564 g/mol. The summed E-state index contributed by atoms with van der Waals surface area (Å²) in [5, 5.41) is 31.4. The summed E-state index contributed by atoms with van der Waals surface area (Å²) in [7, 11) is 0. The van der Waals surface area contributed by atoms with Gasteiger partial charge in [-0.1, -0.05) is 43.8 Å². The summed E-state index contributed by atoms with van der Waals surface area (Å²) in [5.74, 6) is 3.53. The summed E-state index contributed by atoms with van der Waals surface area (Å²) in [6.07, 6.45) is 0.976. The van der Waals surface area contributed by atoms with Crippen LogP contribution in [-0.4, -0.2) is 34.8 Å². The van der Waals surface area contributed by atoms with E-state index in [1.807, 2.05) is 67.6 Å². The number of furan rings is 4. The third kappa shape index (κ3) is 6.52. The van der Waals surface area contributed by atoms with Gasteiger partial charge < -0.3 is 42.5 Å². The average Bonchev–Trinajstić information content (AvgIpc) is 3.84. The van der Waals surface area contributed by atoms with Gasteiger partial charge >= 0.3 is 0 Å². The second-order valence-corrected chi connectivity index (χ2v) is 10.4. The number of aliphatic hydroxyl groups is 3. The zero-order valence-electron chi connectivity index (χ0n) is 23.8. The van der Waals surface area contributed by atoms with Crippen molar-refractivity contribution < 1.29 is 42.5 Å². The Labute approximate surface area is 255 Å². The van der Waals surface area contributed by atoms with Crippen molar-refractivity contribution in [1.82, 2.24) is 0 Å². The Morgan fingerprint density at radius 1 is 0.705 bits per heavy atom. The van der Waals surface area contributed by atoms with Crippen LogP contribution in [0.25, 0.3) is 45.0 Å². The summed E-state index contributed by atoms with van der Waals surface area (Å²) < 4.78 is 33.9. The van der Waals surface area contributed by atoms with E-state index in [0.29, 0.717) is 66.0 Å². The number of hydrogen-bond donors (Lipinski definition) is 3. The molecule has 1 atom stereocenters. The summed E-state index contributed by atoms with van der Waals surface area (Å²) in [6, 6.07) is 22.4. The molecule has 4 aromatic heterocycles. The SMILES string of the molecule is C.Cc1ccc(-c2oc3ccccc3c2CO)o1.OCc1c(-c2ccc(C(O)CCC3OCCCO3)o2)oc2ccccc12. The molecule has 0 aliphatic carbocycles. The molecule has 2 aromatic carbocycles. The van der Waals surface area contributed by atoms with E-state index in [-0.39, 0.29) is 26.9 Å². The van der Waals surface area contributed by atoms with E-state index < -0.39 is 6.10 Å². The molecule has 1 aliphatic heterocycles. The zero-order valence-corrected chi connectivity index (χ0v) is 23.8. The molecule has 44 heavy (non-hydrogen) atoms. The number of ether oxygens (including phenoxy) is 2. The summed E-state index contributed by atoms with van der Waals surface area (Å²) >= 11 is 0. The lowest BCUT2D eigenvalue weighted by molar-refractivity contribution is -0.184. The lowest BCUT2D eigenvalue weighted by Gasteiger charge is -2.23. The van der Waals surface area contributed by atoms with Crippen LogP contribution in [0.15, 0.2) is 90.5 Å². The van der Waals surface area contributed by atoms with Gasteiger partial charge in [-0.15, -0.1) is 0 Å². The van der Waals surface area contributed by atoms with Crippen molar-refractivity contribution in [3.63, 3.8) is 0 Å². The van der Waals surface area contributed by atoms with Crippen LogP contribution in [0.3, 0.4) is 0 Å². The van der Waals surface area contributed by atoms with Crippen LogP contribution in [0.2, 0.25) is 0 Å². The predicted molar refractivity (Wildman–Crippen MR) is 166 cm³/mol.